The van der Waals surface area contributed by atoms with Gasteiger partial charge in [0.2, 0.25) is 0 Å². The highest BCUT2D eigenvalue weighted by Gasteiger charge is 2.10. The van der Waals surface area contributed by atoms with Crippen molar-refractivity contribution in [1.82, 2.24) is 10.3 Å². The van der Waals surface area contributed by atoms with Gasteiger partial charge in [0.1, 0.15) is 5.56 Å². The Morgan fingerprint density at radius 3 is 2.94 bits per heavy atom. The van der Waals surface area contributed by atoms with Crippen LogP contribution in [0.2, 0.25) is 0 Å². The third-order valence-corrected chi connectivity index (χ3v) is 2.74. The van der Waals surface area contributed by atoms with Crippen LogP contribution in [0.1, 0.15) is 22.5 Å². The summed E-state index contributed by atoms with van der Waals surface area (Å²) in [6, 6.07) is 1.39. The molecular weight excluding hydrogens is 256 g/mol. The molecule has 1 unspecified atom stereocenters. The molecule has 0 bridgehead atoms. The van der Waals surface area contributed by atoms with Gasteiger partial charge in [-0.25, -0.2) is 0 Å². The lowest BCUT2D eigenvalue weighted by molar-refractivity contribution is 0.0950. The van der Waals surface area contributed by atoms with Gasteiger partial charge in [-0.15, -0.1) is 11.6 Å². The number of ether oxygens (including phenoxy) is 1. The van der Waals surface area contributed by atoms with Crippen molar-refractivity contribution in [1.29, 1.82) is 0 Å². The predicted octanol–water partition coefficient (Wildman–Crippen LogP) is 1.06. The van der Waals surface area contributed by atoms with E-state index in [4.69, 9.17) is 16.3 Å². The number of carbonyl (C=O) groups is 1. The third kappa shape index (κ3) is 4.50. The molecule has 5 nitrogen and oxygen atoms in total. The van der Waals surface area contributed by atoms with Crippen molar-refractivity contribution in [3.63, 3.8) is 0 Å². The molecule has 1 amide bonds. The fraction of sp³-hybridized carbons (Fsp3) is 0.500. The minimum absolute atomic E-state index is 0.110. The number of aromatic amines is 1. The van der Waals surface area contributed by atoms with Gasteiger partial charge in [0.05, 0.1) is 12.0 Å². The summed E-state index contributed by atoms with van der Waals surface area (Å²) < 4.78 is 4.88. The van der Waals surface area contributed by atoms with Crippen molar-refractivity contribution >= 4 is 17.5 Å². The Hall–Kier alpha value is -1.33. The van der Waals surface area contributed by atoms with E-state index >= 15 is 0 Å². The average Bonchev–Trinajstić information content (AvgIpc) is 2.29. The highest BCUT2D eigenvalue weighted by atomic mass is 35.5. The monoisotopic (exact) mass is 272 g/mol. The predicted molar refractivity (Wildman–Crippen MR) is 70.3 cm³/mol. The molecule has 0 aromatic carbocycles. The van der Waals surface area contributed by atoms with Gasteiger partial charge in [-0.05, 0) is 13.3 Å². The van der Waals surface area contributed by atoms with Gasteiger partial charge in [-0.1, -0.05) is 0 Å². The molecule has 1 atom stereocenters. The van der Waals surface area contributed by atoms with Crippen LogP contribution in [0, 0.1) is 6.92 Å². The van der Waals surface area contributed by atoms with E-state index in [1.165, 1.54) is 12.3 Å². The van der Waals surface area contributed by atoms with E-state index < -0.39 is 5.91 Å². The fourth-order valence-corrected chi connectivity index (χ4v) is 1.69. The van der Waals surface area contributed by atoms with Crippen LogP contribution in [0.5, 0.6) is 0 Å². The zero-order chi connectivity index (χ0) is 13.5. The van der Waals surface area contributed by atoms with Gasteiger partial charge in [0, 0.05) is 31.6 Å². The van der Waals surface area contributed by atoms with Crippen LogP contribution in [-0.2, 0) is 4.74 Å². The normalized spacial score (nSPS) is 12.2. The number of pyridine rings is 1. The smallest absolute Gasteiger partial charge is 0.256 e. The van der Waals surface area contributed by atoms with Crippen molar-refractivity contribution < 1.29 is 9.53 Å². The molecule has 2 N–H and O–H groups in total. The highest BCUT2D eigenvalue weighted by molar-refractivity contribution is 6.20. The molecule has 6 heteroatoms. The quantitative estimate of drug-likeness (QED) is 0.761. The van der Waals surface area contributed by atoms with Gasteiger partial charge < -0.3 is 15.0 Å². The van der Waals surface area contributed by atoms with E-state index in [1.807, 2.05) is 0 Å². The Morgan fingerprint density at radius 1 is 1.61 bits per heavy atom. The minimum Gasteiger partial charge on any atom is -0.383 e. The van der Waals surface area contributed by atoms with E-state index in [0.717, 1.165) is 5.69 Å². The molecule has 0 radical (unpaired) electrons. The number of aromatic nitrogens is 1. The lowest BCUT2D eigenvalue weighted by Crippen LogP contribution is -2.31. The van der Waals surface area contributed by atoms with Crippen LogP contribution < -0.4 is 10.7 Å². The van der Waals surface area contributed by atoms with Crippen LogP contribution >= 0.6 is 11.6 Å². The molecule has 1 heterocycles. The summed E-state index contributed by atoms with van der Waals surface area (Å²) in [6.07, 6.45) is 2.01. The number of rotatable bonds is 6. The SMILES string of the molecule is COCC(Cl)CCNC(=O)c1c[nH]c(C)cc1=O. The second kappa shape index (κ2) is 7.18. The van der Waals surface area contributed by atoms with Crippen molar-refractivity contribution in [3.8, 4) is 0 Å². The number of alkyl halides is 1. The molecule has 1 rings (SSSR count). The summed E-state index contributed by atoms with van der Waals surface area (Å²) in [5, 5.41) is 2.50. The number of aryl methyl sites for hydroxylation is 1. The molecule has 0 aliphatic carbocycles. The molecule has 100 valence electrons. The molecule has 0 saturated heterocycles. The van der Waals surface area contributed by atoms with Crippen molar-refractivity contribution in [2.45, 2.75) is 18.7 Å². The van der Waals surface area contributed by atoms with E-state index in [0.29, 0.717) is 19.6 Å². The fourth-order valence-electron chi connectivity index (χ4n) is 1.45. The van der Waals surface area contributed by atoms with Crippen molar-refractivity contribution in [2.75, 3.05) is 20.3 Å². The van der Waals surface area contributed by atoms with Crippen molar-refractivity contribution in [3.05, 3.63) is 33.7 Å². The Labute approximate surface area is 110 Å². The second-order valence-corrected chi connectivity index (χ2v) is 4.61. The number of H-pyrrole nitrogens is 1. The third-order valence-electron chi connectivity index (χ3n) is 2.39. The van der Waals surface area contributed by atoms with Crippen LogP contribution in [0.15, 0.2) is 17.1 Å². The van der Waals surface area contributed by atoms with Crippen molar-refractivity contribution in [2.24, 2.45) is 0 Å². The number of halogens is 1. The largest absolute Gasteiger partial charge is 0.383 e. The average molecular weight is 273 g/mol. The number of hydrogen-bond donors (Lipinski definition) is 2. The summed E-state index contributed by atoms with van der Waals surface area (Å²) in [6.45, 7) is 2.60. The maximum Gasteiger partial charge on any atom is 0.256 e. The molecule has 0 aliphatic rings. The molecule has 0 fully saturated rings. The maximum atomic E-state index is 11.7. The molecule has 18 heavy (non-hydrogen) atoms. The van der Waals surface area contributed by atoms with Gasteiger partial charge in [-0.2, -0.15) is 0 Å². The highest BCUT2D eigenvalue weighted by Crippen LogP contribution is 2.01. The van der Waals surface area contributed by atoms with Crippen LogP contribution in [0.3, 0.4) is 0 Å². The Balaban J connectivity index is 2.48. The first-order valence-electron chi connectivity index (χ1n) is 5.65. The summed E-state index contributed by atoms with van der Waals surface area (Å²) >= 11 is 5.92. The van der Waals surface area contributed by atoms with E-state index in [-0.39, 0.29) is 16.4 Å². The number of methoxy groups -OCH3 is 1. The van der Waals surface area contributed by atoms with Gasteiger partial charge in [0.25, 0.3) is 5.91 Å². The molecular formula is C12H17ClN2O3. The van der Waals surface area contributed by atoms with Gasteiger partial charge in [-0.3, -0.25) is 9.59 Å². The lowest BCUT2D eigenvalue weighted by Gasteiger charge is -2.09. The molecule has 1 aromatic heterocycles. The molecule has 0 aliphatic heterocycles. The standard InChI is InChI=1S/C12H17ClN2O3/c1-8-5-11(16)10(6-15-8)12(17)14-4-3-9(13)7-18-2/h5-6,9H,3-4,7H2,1-2H3,(H,14,17)(H,15,16). The van der Waals surface area contributed by atoms with E-state index in [1.54, 1.807) is 14.0 Å². The lowest BCUT2D eigenvalue weighted by atomic mass is 10.2. The topological polar surface area (TPSA) is 71.2 Å². The number of carbonyl (C=O) groups excluding carboxylic acids is 1. The van der Waals surface area contributed by atoms with E-state index in [9.17, 15) is 9.59 Å². The zero-order valence-corrected chi connectivity index (χ0v) is 11.2. The van der Waals surface area contributed by atoms with Crippen LogP contribution in [0.25, 0.3) is 0 Å². The number of hydrogen-bond acceptors (Lipinski definition) is 3. The van der Waals surface area contributed by atoms with Crippen LogP contribution in [0.4, 0.5) is 0 Å². The molecule has 1 aromatic rings. The first-order valence-corrected chi connectivity index (χ1v) is 6.08. The van der Waals surface area contributed by atoms with Gasteiger partial charge >= 0.3 is 0 Å². The summed E-state index contributed by atoms with van der Waals surface area (Å²) in [4.78, 5) is 26.1. The zero-order valence-electron chi connectivity index (χ0n) is 10.5. The maximum absolute atomic E-state index is 11.7. The second-order valence-electron chi connectivity index (χ2n) is 3.99. The first-order chi connectivity index (χ1) is 8.54. The number of amides is 1. The van der Waals surface area contributed by atoms with E-state index in [2.05, 4.69) is 10.3 Å². The summed E-state index contributed by atoms with van der Waals surface area (Å²) in [5.41, 5.74) is 0.541. The minimum atomic E-state index is -0.391. The molecule has 0 saturated carbocycles. The van der Waals surface area contributed by atoms with Gasteiger partial charge in [0.15, 0.2) is 5.43 Å². The Kier molecular flexibility index (Phi) is 5.88. The summed E-state index contributed by atoms with van der Waals surface area (Å²) in [5.74, 6) is -0.391. The Bertz CT molecular complexity index is 459. The Morgan fingerprint density at radius 2 is 2.33 bits per heavy atom. The van der Waals surface area contributed by atoms with Crippen LogP contribution in [-0.4, -0.2) is 36.5 Å². The first kappa shape index (κ1) is 14.7. The molecule has 0 spiro atoms. The summed E-state index contributed by atoms with van der Waals surface area (Å²) in [7, 11) is 1.57. The number of nitrogens with one attached hydrogen (secondary N) is 2.